The van der Waals surface area contributed by atoms with E-state index < -0.39 is 0 Å². The zero-order valence-corrected chi connectivity index (χ0v) is 17.7. The Morgan fingerprint density at radius 2 is 1.32 bits per heavy atom. The molecule has 0 aromatic heterocycles. The van der Waals surface area contributed by atoms with Gasteiger partial charge in [0.05, 0.1) is 17.7 Å². The van der Waals surface area contributed by atoms with Gasteiger partial charge >= 0.3 is 0 Å². The van der Waals surface area contributed by atoms with Gasteiger partial charge in [0.15, 0.2) is 0 Å². The number of rotatable bonds is 4. The Morgan fingerprint density at radius 3 is 1.84 bits per heavy atom. The lowest BCUT2D eigenvalue weighted by molar-refractivity contribution is -0.135. The number of hydrogen-bond donors (Lipinski definition) is 0. The van der Waals surface area contributed by atoms with Crippen LogP contribution in [0.2, 0.25) is 0 Å². The molecule has 1 fully saturated rings. The van der Waals surface area contributed by atoms with Gasteiger partial charge in [0.1, 0.15) is 0 Å². The van der Waals surface area contributed by atoms with E-state index >= 15 is 0 Å². The van der Waals surface area contributed by atoms with Crippen molar-refractivity contribution >= 4 is 23.6 Å². The third-order valence-corrected chi connectivity index (χ3v) is 5.79. The van der Waals surface area contributed by atoms with E-state index in [-0.39, 0.29) is 36.1 Å². The van der Waals surface area contributed by atoms with Crippen molar-refractivity contribution < 1.29 is 19.2 Å². The molecule has 2 aromatic rings. The molecule has 31 heavy (non-hydrogen) atoms. The third kappa shape index (κ3) is 3.95. The largest absolute Gasteiger partial charge is 0.339 e. The van der Waals surface area contributed by atoms with Crippen LogP contribution >= 0.6 is 0 Å². The molecule has 0 spiro atoms. The number of piperazine rings is 1. The van der Waals surface area contributed by atoms with Gasteiger partial charge < -0.3 is 9.80 Å². The average Bonchev–Trinajstić information content (AvgIpc) is 3.03. The molecule has 1 saturated heterocycles. The molecule has 0 atom stereocenters. The third-order valence-electron chi connectivity index (χ3n) is 5.79. The van der Waals surface area contributed by atoms with Crippen molar-refractivity contribution in [1.82, 2.24) is 14.7 Å². The second-order valence-corrected chi connectivity index (χ2v) is 8.21. The zero-order chi connectivity index (χ0) is 22.1. The summed E-state index contributed by atoms with van der Waals surface area (Å²) in [5.41, 5.74) is 2.18. The first-order chi connectivity index (χ1) is 14.9. The summed E-state index contributed by atoms with van der Waals surface area (Å²) >= 11 is 0. The van der Waals surface area contributed by atoms with Crippen LogP contribution in [-0.2, 0) is 11.3 Å². The maximum Gasteiger partial charge on any atom is 0.261 e. The molecule has 0 saturated carbocycles. The Bertz CT molecular complexity index is 1000. The molecule has 2 heterocycles. The molecule has 2 aliphatic rings. The number of amides is 4. The van der Waals surface area contributed by atoms with Crippen LogP contribution in [0, 0.1) is 5.92 Å². The predicted molar refractivity (Wildman–Crippen MR) is 114 cm³/mol. The molecular formula is C24H25N3O4. The minimum absolute atomic E-state index is 0.0445. The van der Waals surface area contributed by atoms with Crippen molar-refractivity contribution in [2.45, 2.75) is 20.4 Å². The lowest BCUT2D eigenvalue weighted by atomic mass is 10.1. The fraction of sp³-hybridized carbons (Fsp3) is 0.333. The summed E-state index contributed by atoms with van der Waals surface area (Å²) < 4.78 is 0. The molecule has 7 heteroatoms. The van der Waals surface area contributed by atoms with Crippen LogP contribution in [0.25, 0.3) is 0 Å². The van der Waals surface area contributed by atoms with Crippen LogP contribution in [0.1, 0.15) is 50.5 Å². The first-order valence-corrected chi connectivity index (χ1v) is 10.5. The van der Waals surface area contributed by atoms with E-state index in [1.165, 1.54) is 4.90 Å². The van der Waals surface area contributed by atoms with Gasteiger partial charge in [-0.2, -0.15) is 0 Å². The van der Waals surface area contributed by atoms with E-state index in [0.29, 0.717) is 42.9 Å². The summed E-state index contributed by atoms with van der Waals surface area (Å²) in [7, 11) is 0. The van der Waals surface area contributed by atoms with E-state index in [4.69, 9.17) is 0 Å². The highest BCUT2D eigenvalue weighted by molar-refractivity contribution is 6.21. The summed E-state index contributed by atoms with van der Waals surface area (Å²) in [5, 5.41) is 0. The molecule has 4 amide bonds. The quantitative estimate of drug-likeness (QED) is 0.713. The molecule has 0 aliphatic carbocycles. The highest BCUT2D eigenvalue weighted by Gasteiger charge is 2.35. The van der Waals surface area contributed by atoms with Crippen molar-refractivity contribution in [1.29, 1.82) is 0 Å². The number of carbonyl (C=O) groups is 4. The molecule has 7 nitrogen and oxygen atoms in total. The Labute approximate surface area is 181 Å². The Morgan fingerprint density at radius 1 is 0.806 bits per heavy atom. The summed E-state index contributed by atoms with van der Waals surface area (Å²) in [6.45, 7) is 6.02. The fourth-order valence-corrected chi connectivity index (χ4v) is 4.00. The second-order valence-electron chi connectivity index (χ2n) is 8.21. The zero-order valence-electron chi connectivity index (χ0n) is 17.7. The van der Waals surface area contributed by atoms with Gasteiger partial charge in [-0.1, -0.05) is 38.1 Å². The van der Waals surface area contributed by atoms with Gasteiger partial charge in [-0.3, -0.25) is 24.1 Å². The van der Waals surface area contributed by atoms with Crippen LogP contribution in [0.5, 0.6) is 0 Å². The van der Waals surface area contributed by atoms with Crippen molar-refractivity contribution in [2.75, 3.05) is 26.2 Å². The Balaban J connectivity index is 1.38. The van der Waals surface area contributed by atoms with Gasteiger partial charge in [-0.25, -0.2) is 0 Å². The van der Waals surface area contributed by atoms with Gasteiger partial charge in [0.2, 0.25) is 5.91 Å². The second kappa shape index (κ2) is 8.34. The number of hydrogen-bond acceptors (Lipinski definition) is 4. The highest BCUT2D eigenvalue weighted by atomic mass is 16.2. The molecule has 0 bridgehead atoms. The molecule has 2 aliphatic heterocycles. The lowest BCUT2D eigenvalue weighted by Gasteiger charge is -2.35. The first kappa shape index (κ1) is 20.8. The Kier molecular flexibility index (Phi) is 5.59. The van der Waals surface area contributed by atoms with Gasteiger partial charge in [0.25, 0.3) is 17.7 Å². The molecule has 0 unspecified atom stereocenters. The number of benzene rings is 2. The van der Waals surface area contributed by atoms with E-state index in [9.17, 15) is 19.2 Å². The van der Waals surface area contributed by atoms with Crippen LogP contribution in [0.15, 0.2) is 48.5 Å². The predicted octanol–water partition coefficient (Wildman–Crippen LogP) is 2.42. The van der Waals surface area contributed by atoms with E-state index in [1.54, 1.807) is 58.3 Å². The maximum atomic E-state index is 12.8. The molecule has 0 N–H and O–H groups in total. The molecule has 2 aromatic carbocycles. The number of imide groups is 1. The molecule has 4 rings (SSSR count). The Hall–Kier alpha value is -3.48. The van der Waals surface area contributed by atoms with Crippen molar-refractivity contribution in [3.63, 3.8) is 0 Å². The van der Waals surface area contributed by atoms with E-state index in [1.807, 2.05) is 13.8 Å². The summed E-state index contributed by atoms with van der Waals surface area (Å²) in [5.74, 6) is -0.602. The van der Waals surface area contributed by atoms with Crippen LogP contribution in [-0.4, -0.2) is 64.5 Å². The van der Waals surface area contributed by atoms with Crippen LogP contribution in [0.3, 0.4) is 0 Å². The van der Waals surface area contributed by atoms with Crippen LogP contribution < -0.4 is 0 Å². The van der Waals surface area contributed by atoms with Crippen molar-refractivity contribution in [2.24, 2.45) is 5.92 Å². The lowest BCUT2D eigenvalue weighted by Crippen LogP contribution is -2.51. The monoisotopic (exact) mass is 419 g/mol. The van der Waals surface area contributed by atoms with E-state index in [0.717, 1.165) is 5.56 Å². The SMILES string of the molecule is CC(C)C(=O)N1CCN(C(=O)c2ccc(CN3C(=O)c4ccccc4C3=O)cc2)CC1. The molecule has 0 radical (unpaired) electrons. The standard InChI is InChI=1S/C24H25N3O4/c1-16(2)21(28)25-11-13-26(14-12-25)22(29)18-9-7-17(8-10-18)15-27-23(30)19-5-3-4-6-20(19)24(27)31/h3-10,16H,11-15H2,1-2H3. The minimum Gasteiger partial charge on any atom is -0.339 e. The molecule has 160 valence electrons. The molecular weight excluding hydrogens is 394 g/mol. The van der Waals surface area contributed by atoms with Gasteiger partial charge in [-0.15, -0.1) is 0 Å². The van der Waals surface area contributed by atoms with Crippen molar-refractivity contribution in [3.8, 4) is 0 Å². The summed E-state index contributed by atoms with van der Waals surface area (Å²) in [6.07, 6.45) is 0. The average molecular weight is 419 g/mol. The van der Waals surface area contributed by atoms with Gasteiger partial charge in [-0.05, 0) is 29.8 Å². The smallest absolute Gasteiger partial charge is 0.261 e. The fourth-order valence-electron chi connectivity index (χ4n) is 4.00. The topological polar surface area (TPSA) is 78.0 Å². The normalized spacial score (nSPS) is 16.2. The minimum atomic E-state index is -0.297. The van der Waals surface area contributed by atoms with E-state index in [2.05, 4.69) is 0 Å². The first-order valence-electron chi connectivity index (χ1n) is 10.5. The summed E-state index contributed by atoms with van der Waals surface area (Å²) in [6, 6.07) is 13.8. The van der Waals surface area contributed by atoms with Crippen molar-refractivity contribution in [3.05, 3.63) is 70.8 Å². The highest BCUT2D eigenvalue weighted by Crippen LogP contribution is 2.24. The number of carbonyl (C=O) groups excluding carboxylic acids is 4. The van der Waals surface area contributed by atoms with Crippen LogP contribution in [0.4, 0.5) is 0 Å². The van der Waals surface area contributed by atoms with Gasteiger partial charge in [0, 0.05) is 37.7 Å². The maximum absolute atomic E-state index is 12.8. The number of nitrogens with zero attached hydrogens (tertiary/aromatic N) is 3. The summed E-state index contributed by atoms with van der Waals surface area (Å²) in [4.78, 5) is 54.8. The number of fused-ring (bicyclic) bond motifs is 1.